The van der Waals surface area contributed by atoms with Gasteiger partial charge in [-0.05, 0) is 24.1 Å². The summed E-state index contributed by atoms with van der Waals surface area (Å²) in [5.74, 6) is -0.216. The summed E-state index contributed by atoms with van der Waals surface area (Å²) in [4.78, 5) is 0. The van der Waals surface area contributed by atoms with Crippen molar-refractivity contribution >= 4 is 0 Å². The van der Waals surface area contributed by atoms with E-state index in [-0.39, 0.29) is 5.82 Å². The average molecular weight is 155 g/mol. The molecule has 0 saturated heterocycles. The lowest BCUT2D eigenvalue weighted by molar-refractivity contribution is 0.161. The number of aryl methyl sites for hydroxylation is 1. The van der Waals surface area contributed by atoms with E-state index in [1.54, 1.807) is 19.1 Å². The second kappa shape index (κ2) is 3.46. The lowest BCUT2D eigenvalue weighted by Gasteiger charge is -2.00. The first-order valence-electron chi connectivity index (χ1n) is 3.36. The maximum atomic E-state index is 12.7. The molecule has 0 aliphatic heterocycles. The molecule has 11 heavy (non-hydrogen) atoms. The maximum absolute atomic E-state index is 12.7. The fraction of sp³-hybridized carbons (Fsp3) is 0.250. The predicted octanol–water partition coefficient (Wildman–Crippen LogP) is 1.61. The number of hydroxylamine groups is 1. The van der Waals surface area contributed by atoms with E-state index in [0.29, 0.717) is 12.1 Å². The summed E-state index contributed by atoms with van der Waals surface area (Å²) in [7, 11) is 0. The van der Waals surface area contributed by atoms with Crippen LogP contribution in [0.5, 0.6) is 0 Å². The number of rotatable bonds is 2. The van der Waals surface area contributed by atoms with Crippen LogP contribution in [0, 0.1) is 12.7 Å². The molecule has 0 radical (unpaired) electrons. The minimum absolute atomic E-state index is 0.216. The SMILES string of the molecule is Cc1cc(CNO)ccc1F. The summed E-state index contributed by atoms with van der Waals surface area (Å²) in [5, 5.41) is 8.34. The van der Waals surface area contributed by atoms with Gasteiger partial charge in [-0.2, -0.15) is 0 Å². The Labute approximate surface area is 64.6 Å². The van der Waals surface area contributed by atoms with E-state index in [4.69, 9.17) is 5.21 Å². The van der Waals surface area contributed by atoms with Gasteiger partial charge in [0.05, 0.1) is 0 Å². The van der Waals surface area contributed by atoms with Crippen molar-refractivity contribution in [1.29, 1.82) is 0 Å². The Bertz CT molecular complexity index is 250. The van der Waals surface area contributed by atoms with Gasteiger partial charge < -0.3 is 5.21 Å². The summed E-state index contributed by atoms with van der Waals surface area (Å²) >= 11 is 0. The summed E-state index contributed by atoms with van der Waals surface area (Å²) in [6.45, 7) is 2.04. The van der Waals surface area contributed by atoms with Crippen LogP contribution in [0.25, 0.3) is 0 Å². The zero-order valence-corrected chi connectivity index (χ0v) is 6.26. The van der Waals surface area contributed by atoms with Crippen molar-refractivity contribution in [2.75, 3.05) is 0 Å². The van der Waals surface area contributed by atoms with Crippen LogP contribution in [0.1, 0.15) is 11.1 Å². The molecule has 0 bridgehead atoms. The van der Waals surface area contributed by atoms with Gasteiger partial charge in [0, 0.05) is 6.54 Å². The van der Waals surface area contributed by atoms with Crippen LogP contribution >= 0.6 is 0 Å². The molecule has 0 heterocycles. The topological polar surface area (TPSA) is 32.3 Å². The molecule has 0 atom stereocenters. The zero-order valence-electron chi connectivity index (χ0n) is 6.26. The summed E-state index contributed by atoms with van der Waals surface area (Å²) in [5.41, 5.74) is 3.47. The minimum Gasteiger partial charge on any atom is -0.316 e. The van der Waals surface area contributed by atoms with Crippen LogP contribution < -0.4 is 5.48 Å². The molecule has 60 valence electrons. The van der Waals surface area contributed by atoms with Crippen molar-refractivity contribution < 1.29 is 9.60 Å². The van der Waals surface area contributed by atoms with Gasteiger partial charge in [-0.25, -0.2) is 9.87 Å². The largest absolute Gasteiger partial charge is 0.316 e. The monoisotopic (exact) mass is 155 g/mol. The molecule has 0 fully saturated rings. The fourth-order valence-corrected chi connectivity index (χ4v) is 0.908. The van der Waals surface area contributed by atoms with Crippen molar-refractivity contribution in [1.82, 2.24) is 5.48 Å². The second-order valence-corrected chi connectivity index (χ2v) is 2.42. The van der Waals surface area contributed by atoms with E-state index in [2.05, 4.69) is 0 Å². The maximum Gasteiger partial charge on any atom is 0.126 e. The van der Waals surface area contributed by atoms with Gasteiger partial charge in [-0.15, -0.1) is 0 Å². The smallest absolute Gasteiger partial charge is 0.126 e. The van der Waals surface area contributed by atoms with Crippen LogP contribution in [-0.2, 0) is 6.54 Å². The average Bonchev–Trinajstić information content (AvgIpc) is 1.98. The van der Waals surface area contributed by atoms with Gasteiger partial charge in [0.15, 0.2) is 0 Å². The molecular formula is C8H10FNO. The first-order valence-corrected chi connectivity index (χ1v) is 3.36. The number of hydrogen-bond acceptors (Lipinski definition) is 2. The Morgan fingerprint density at radius 3 is 2.82 bits per heavy atom. The van der Waals surface area contributed by atoms with Gasteiger partial charge in [0.25, 0.3) is 0 Å². The van der Waals surface area contributed by atoms with Gasteiger partial charge in [0.1, 0.15) is 5.82 Å². The molecule has 0 amide bonds. The number of hydrogen-bond donors (Lipinski definition) is 2. The van der Waals surface area contributed by atoms with Crippen LogP contribution in [0.4, 0.5) is 4.39 Å². The molecule has 0 aliphatic rings. The molecular weight excluding hydrogens is 145 g/mol. The number of halogens is 1. The lowest BCUT2D eigenvalue weighted by Crippen LogP contribution is -2.06. The molecule has 2 nitrogen and oxygen atoms in total. The first kappa shape index (κ1) is 8.17. The highest BCUT2D eigenvalue weighted by Crippen LogP contribution is 2.08. The fourth-order valence-electron chi connectivity index (χ4n) is 0.908. The molecule has 2 N–H and O–H groups in total. The molecule has 1 aromatic carbocycles. The molecule has 0 saturated carbocycles. The molecule has 0 aromatic heterocycles. The summed E-state index contributed by atoms with van der Waals surface area (Å²) in [6.07, 6.45) is 0. The standard InChI is InChI=1S/C8H10FNO/c1-6-4-7(5-10-11)2-3-8(6)9/h2-4,10-11H,5H2,1H3. The Morgan fingerprint density at radius 1 is 1.55 bits per heavy atom. The zero-order chi connectivity index (χ0) is 8.27. The van der Waals surface area contributed by atoms with E-state index in [0.717, 1.165) is 5.56 Å². The Morgan fingerprint density at radius 2 is 2.27 bits per heavy atom. The second-order valence-electron chi connectivity index (χ2n) is 2.42. The van der Waals surface area contributed by atoms with E-state index in [1.807, 2.05) is 5.48 Å². The molecule has 0 aliphatic carbocycles. The van der Waals surface area contributed by atoms with Crippen LogP contribution in [0.2, 0.25) is 0 Å². The predicted molar refractivity (Wildman–Crippen MR) is 39.8 cm³/mol. The third kappa shape index (κ3) is 2.00. The third-order valence-electron chi connectivity index (χ3n) is 1.51. The molecule has 0 unspecified atom stereocenters. The molecule has 3 heteroatoms. The lowest BCUT2D eigenvalue weighted by atomic mass is 10.1. The number of nitrogens with one attached hydrogen (secondary N) is 1. The van der Waals surface area contributed by atoms with Crippen molar-refractivity contribution in [3.63, 3.8) is 0 Å². The van der Waals surface area contributed by atoms with Crippen molar-refractivity contribution in [3.05, 3.63) is 35.1 Å². The Balaban J connectivity index is 2.86. The third-order valence-corrected chi connectivity index (χ3v) is 1.51. The molecule has 1 rings (SSSR count). The molecule has 1 aromatic rings. The van der Waals surface area contributed by atoms with E-state index in [1.165, 1.54) is 6.07 Å². The highest BCUT2D eigenvalue weighted by atomic mass is 19.1. The van der Waals surface area contributed by atoms with Crippen LogP contribution in [-0.4, -0.2) is 5.21 Å². The van der Waals surface area contributed by atoms with E-state index < -0.39 is 0 Å². The molecule has 0 spiro atoms. The van der Waals surface area contributed by atoms with Crippen molar-refractivity contribution in [2.24, 2.45) is 0 Å². The highest BCUT2D eigenvalue weighted by molar-refractivity contribution is 5.23. The van der Waals surface area contributed by atoms with Crippen molar-refractivity contribution in [3.8, 4) is 0 Å². The Kier molecular flexibility index (Phi) is 2.57. The van der Waals surface area contributed by atoms with Crippen LogP contribution in [0.3, 0.4) is 0 Å². The van der Waals surface area contributed by atoms with Crippen LogP contribution in [0.15, 0.2) is 18.2 Å². The quantitative estimate of drug-likeness (QED) is 0.636. The normalized spacial score (nSPS) is 10.1. The summed E-state index contributed by atoms with van der Waals surface area (Å²) in [6, 6.07) is 4.71. The number of benzene rings is 1. The van der Waals surface area contributed by atoms with Gasteiger partial charge in [-0.1, -0.05) is 12.1 Å². The van der Waals surface area contributed by atoms with Gasteiger partial charge >= 0.3 is 0 Å². The minimum atomic E-state index is -0.216. The first-order chi connectivity index (χ1) is 5.24. The van der Waals surface area contributed by atoms with Gasteiger partial charge in [-0.3, -0.25) is 0 Å². The van der Waals surface area contributed by atoms with Crippen molar-refractivity contribution in [2.45, 2.75) is 13.5 Å². The highest BCUT2D eigenvalue weighted by Gasteiger charge is 1.97. The van der Waals surface area contributed by atoms with E-state index >= 15 is 0 Å². The van der Waals surface area contributed by atoms with Gasteiger partial charge in [0.2, 0.25) is 0 Å². The summed E-state index contributed by atoms with van der Waals surface area (Å²) < 4.78 is 12.7. The Hall–Kier alpha value is -0.930. The van der Waals surface area contributed by atoms with E-state index in [9.17, 15) is 4.39 Å².